The van der Waals surface area contributed by atoms with Crippen LogP contribution in [0, 0.1) is 0 Å². The van der Waals surface area contributed by atoms with Crippen molar-refractivity contribution >= 4 is 16.9 Å². The number of nitrogens with two attached hydrogens (primary N) is 1. The fourth-order valence-electron chi connectivity index (χ4n) is 2.76. The lowest BCUT2D eigenvalue weighted by Crippen LogP contribution is -2.33. The van der Waals surface area contributed by atoms with Crippen LogP contribution in [-0.2, 0) is 11.2 Å². The first-order valence-corrected chi connectivity index (χ1v) is 6.80. The van der Waals surface area contributed by atoms with Gasteiger partial charge in [-0.05, 0) is 12.0 Å². The number of hydrogen-bond donors (Lipinski definition) is 4. The largest absolute Gasteiger partial charge is 0.394 e. The molecule has 21 heavy (non-hydrogen) atoms. The Kier molecular flexibility index (Phi) is 3.54. The predicted octanol–water partition coefficient (Wildman–Crippen LogP) is -0.813. The number of ether oxygens (including phenoxy) is 1. The van der Waals surface area contributed by atoms with Crippen LogP contribution < -0.4 is 5.73 Å². The molecule has 0 unspecified atom stereocenters. The first kappa shape index (κ1) is 14.2. The Morgan fingerprint density at radius 2 is 2.10 bits per heavy atom. The molecule has 5 N–H and O–H groups in total. The molecule has 3 heterocycles. The fourth-order valence-corrected chi connectivity index (χ4v) is 2.76. The standard InChI is InChI=1S/C13H18N4O4/c1-2-6-3-17(12-8(6)11(14)15-5-16-12)13-10(20)9(19)7(4-18)21-13/h3,5,7,9-10,13,18-20H,2,4H2,1H3,(H2,14,15,16)/t7-,9-,10-,13-/m1/s1. The summed E-state index contributed by atoms with van der Waals surface area (Å²) in [7, 11) is 0. The van der Waals surface area contributed by atoms with Crippen LogP contribution in [0.3, 0.4) is 0 Å². The molecule has 1 aliphatic rings. The van der Waals surface area contributed by atoms with E-state index in [0.29, 0.717) is 11.5 Å². The molecule has 2 aromatic rings. The van der Waals surface area contributed by atoms with E-state index in [4.69, 9.17) is 10.5 Å². The second kappa shape index (κ2) is 5.23. The summed E-state index contributed by atoms with van der Waals surface area (Å²) in [6.45, 7) is 1.61. The molecule has 1 aliphatic heterocycles. The second-order valence-electron chi connectivity index (χ2n) is 5.10. The molecule has 0 radical (unpaired) electrons. The first-order chi connectivity index (χ1) is 10.1. The molecule has 4 atom stereocenters. The molecule has 0 aromatic carbocycles. The van der Waals surface area contributed by atoms with Crippen molar-refractivity contribution in [1.29, 1.82) is 0 Å². The van der Waals surface area contributed by atoms with Gasteiger partial charge in [-0.3, -0.25) is 0 Å². The molecule has 0 bridgehead atoms. The first-order valence-electron chi connectivity index (χ1n) is 6.80. The third kappa shape index (κ3) is 2.07. The quantitative estimate of drug-likeness (QED) is 0.583. The van der Waals surface area contributed by atoms with Gasteiger partial charge in [0.1, 0.15) is 36.1 Å². The monoisotopic (exact) mass is 294 g/mol. The normalized spacial score (nSPS) is 29.3. The summed E-state index contributed by atoms with van der Waals surface area (Å²) in [6.07, 6.45) is -0.109. The minimum Gasteiger partial charge on any atom is -0.394 e. The average Bonchev–Trinajstić information content (AvgIpc) is 2.99. The molecule has 3 rings (SSSR count). The van der Waals surface area contributed by atoms with Gasteiger partial charge in [0.05, 0.1) is 12.0 Å². The van der Waals surface area contributed by atoms with Gasteiger partial charge in [0, 0.05) is 6.20 Å². The van der Waals surface area contributed by atoms with E-state index in [1.165, 1.54) is 6.33 Å². The Labute approximate surface area is 120 Å². The number of aromatic nitrogens is 3. The zero-order valence-electron chi connectivity index (χ0n) is 11.5. The Morgan fingerprint density at radius 1 is 1.33 bits per heavy atom. The minimum atomic E-state index is -1.15. The maximum atomic E-state index is 10.1. The molecule has 1 saturated heterocycles. The summed E-state index contributed by atoms with van der Waals surface area (Å²) >= 11 is 0. The lowest BCUT2D eigenvalue weighted by atomic mass is 10.1. The smallest absolute Gasteiger partial charge is 0.164 e. The fraction of sp³-hybridized carbons (Fsp3) is 0.538. The van der Waals surface area contributed by atoms with Crippen molar-refractivity contribution in [2.75, 3.05) is 12.3 Å². The van der Waals surface area contributed by atoms with Gasteiger partial charge in [0.25, 0.3) is 0 Å². The van der Waals surface area contributed by atoms with Crippen LogP contribution in [-0.4, -0.2) is 54.8 Å². The van der Waals surface area contributed by atoms with Gasteiger partial charge in [0.15, 0.2) is 6.23 Å². The van der Waals surface area contributed by atoms with E-state index < -0.39 is 24.5 Å². The van der Waals surface area contributed by atoms with Crippen molar-refractivity contribution in [2.45, 2.75) is 37.9 Å². The van der Waals surface area contributed by atoms with Gasteiger partial charge in [0.2, 0.25) is 0 Å². The van der Waals surface area contributed by atoms with E-state index in [-0.39, 0.29) is 6.61 Å². The number of aliphatic hydroxyl groups is 3. The molecule has 8 nitrogen and oxygen atoms in total. The van der Waals surface area contributed by atoms with E-state index in [1.54, 1.807) is 10.8 Å². The van der Waals surface area contributed by atoms with Crippen molar-refractivity contribution in [3.05, 3.63) is 18.1 Å². The van der Waals surface area contributed by atoms with E-state index in [9.17, 15) is 15.3 Å². The van der Waals surface area contributed by atoms with Gasteiger partial charge in [-0.2, -0.15) is 0 Å². The Hall–Kier alpha value is -1.74. The second-order valence-corrected chi connectivity index (χ2v) is 5.10. The lowest BCUT2D eigenvalue weighted by molar-refractivity contribution is -0.0509. The molecule has 0 amide bonds. The number of rotatable bonds is 3. The van der Waals surface area contributed by atoms with Gasteiger partial charge >= 0.3 is 0 Å². The number of nitrogen functional groups attached to an aromatic ring is 1. The molecule has 1 fully saturated rings. The topological polar surface area (TPSA) is 127 Å². The van der Waals surface area contributed by atoms with Crippen LogP contribution in [0.15, 0.2) is 12.5 Å². The molecule has 0 aliphatic carbocycles. The molecule has 0 spiro atoms. The van der Waals surface area contributed by atoms with Crippen molar-refractivity contribution in [2.24, 2.45) is 0 Å². The highest BCUT2D eigenvalue weighted by Crippen LogP contribution is 2.34. The van der Waals surface area contributed by atoms with Crippen LogP contribution in [0.2, 0.25) is 0 Å². The summed E-state index contributed by atoms with van der Waals surface area (Å²) in [5.41, 5.74) is 7.37. The number of anilines is 1. The summed E-state index contributed by atoms with van der Waals surface area (Å²) in [4.78, 5) is 8.18. The summed E-state index contributed by atoms with van der Waals surface area (Å²) in [5.74, 6) is 0.363. The Bertz CT molecular complexity index is 659. The molecular formula is C13H18N4O4. The van der Waals surface area contributed by atoms with Gasteiger partial charge in [-0.1, -0.05) is 6.92 Å². The maximum absolute atomic E-state index is 10.1. The van der Waals surface area contributed by atoms with E-state index >= 15 is 0 Å². The van der Waals surface area contributed by atoms with Crippen molar-refractivity contribution < 1.29 is 20.1 Å². The van der Waals surface area contributed by atoms with Crippen LogP contribution in [0.5, 0.6) is 0 Å². The van der Waals surface area contributed by atoms with Crippen LogP contribution in [0.25, 0.3) is 11.0 Å². The number of aliphatic hydroxyl groups excluding tert-OH is 3. The van der Waals surface area contributed by atoms with Crippen molar-refractivity contribution in [3.8, 4) is 0 Å². The molecule has 8 heteroatoms. The van der Waals surface area contributed by atoms with Crippen LogP contribution >= 0.6 is 0 Å². The number of nitrogens with zero attached hydrogens (tertiary/aromatic N) is 3. The predicted molar refractivity (Wildman–Crippen MR) is 74.3 cm³/mol. The molecule has 114 valence electrons. The number of aryl methyl sites for hydroxylation is 1. The van der Waals surface area contributed by atoms with Crippen molar-refractivity contribution in [1.82, 2.24) is 14.5 Å². The van der Waals surface area contributed by atoms with E-state index in [0.717, 1.165) is 17.4 Å². The third-order valence-corrected chi connectivity index (χ3v) is 3.89. The van der Waals surface area contributed by atoms with E-state index in [1.807, 2.05) is 6.92 Å². The summed E-state index contributed by atoms with van der Waals surface area (Å²) < 4.78 is 7.17. The zero-order valence-corrected chi connectivity index (χ0v) is 11.5. The zero-order chi connectivity index (χ0) is 15.1. The average molecular weight is 294 g/mol. The lowest BCUT2D eigenvalue weighted by Gasteiger charge is -2.17. The van der Waals surface area contributed by atoms with Crippen molar-refractivity contribution in [3.63, 3.8) is 0 Å². The molecule has 0 saturated carbocycles. The maximum Gasteiger partial charge on any atom is 0.164 e. The number of fused-ring (bicyclic) bond motifs is 1. The highest BCUT2D eigenvalue weighted by molar-refractivity contribution is 5.89. The van der Waals surface area contributed by atoms with Crippen LogP contribution in [0.1, 0.15) is 18.7 Å². The Balaban J connectivity index is 2.11. The third-order valence-electron chi connectivity index (χ3n) is 3.89. The van der Waals surface area contributed by atoms with Gasteiger partial charge in [-0.25, -0.2) is 9.97 Å². The van der Waals surface area contributed by atoms with Gasteiger partial charge < -0.3 is 30.4 Å². The Morgan fingerprint density at radius 3 is 2.71 bits per heavy atom. The highest BCUT2D eigenvalue weighted by Gasteiger charge is 2.44. The number of hydrogen-bond acceptors (Lipinski definition) is 7. The summed E-state index contributed by atoms with van der Waals surface area (Å²) in [6, 6.07) is 0. The van der Waals surface area contributed by atoms with Gasteiger partial charge in [-0.15, -0.1) is 0 Å². The van der Waals surface area contributed by atoms with Crippen LogP contribution in [0.4, 0.5) is 5.82 Å². The van der Waals surface area contributed by atoms with E-state index in [2.05, 4.69) is 9.97 Å². The molecule has 2 aromatic heterocycles. The molecular weight excluding hydrogens is 276 g/mol. The summed E-state index contributed by atoms with van der Waals surface area (Å²) in [5, 5.41) is 29.9. The SMILES string of the molecule is CCc1cn([C@@H]2O[C@H](CO)[C@@H](O)[C@H]2O)c2ncnc(N)c12. The minimum absolute atomic E-state index is 0.363. The highest BCUT2D eigenvalue weighted by atomic mass is 16.6.